The summed E-state index contributed by atoms with van der Waals surface area (Å²) in [4.78, 5) is 11.7. The van der Waals surface area contributed by atoms with Gasteiger partial charge in [-0.05, 0) is 31.4 Å². The van der Waals surface area contributed by atoms with Gasteiger partial charge in [0, 0.05) is 18.4 Å². The minimum Gasteiger partial charge on any atom is -0.355 e. The first kappa shape index (κ1) is 13.1. The number of carbonyl (C=O) groups is 1. The summed E-state index contributed by atoms with van der Waals surface area (Å²) in [6, 6.07) is 10.5. The SMILES string of the molecule is NCCCC(=O)NCC1(c2ccccc2)CCC1. The normalized spacial score (nSPS) is 16.9. The number of rotatable bonds is 6. The van der Waals surface area contributed by atoms with E-state index < -0.39 is 0 Å². The topological polar surface area (TPSA) is 55.1 Å². The molecule has 0 radical (unpaired) electrons. The average Bonchev–Trinajstić information content (AvgIpc) is 2.36. The number of amides is 1. The number of nitrogens with two attached hydrogens (primary N) is 1. The second-order valence-corrected chi connectivity index (χ2v) is 5.17. The summed E-state index contributed by atoms with van der Waals surface area (Å²) in [5.74, 6) is 0.127. The average molecular weight is 246 g/mol. The summed E-state index contributed by atoms with van der Waals surface area (Å²) < 4.78 is 0. The van der Waals surface area contributed by atoms with Crippen LogP contribution in [0.4, 0.5) is 0 Å². The summed E-state index contributed by atoms with van der Waals surface area (Å²) in [5, 5.41) is 3.06. The maximum atomic E-state index is 11.7. The molecule has 2 rings (SSSR count). The third-order valence-electron chi connectivity index (χ3n) is 3.93. The van der Waals surface area contributed by atoms with E-state index in [1.54, 1.807) is 0 Å². The molecule has 1 aromatic rings. The summed E-state index contributed by atoms with van der Waals surface area (Å²) in [7, 11) is 0. The Morgan fingerprint density at radius 3 is 2.56 bits per heavy atom. The highest BCUT2D eigenvalue weighted by atomic mass is 16.1. The van der Waals surface area contributed by atoms with Crippen LogP contribution in [0, 0.1) is 0 Å². The second kappa shape index (κ2) is 6.01. The molecular weight excluding hydrogens is 224 g/mol. The van der Waals surface area contributed by atoms with E-state index in [4.69, 9.17) is 5.73 Å². The monoisotopic (exact) mass is 246 g/mol. The van der Waals surface area contributed by atoms with Crippen LogP contribution in [0.2, 0.25) is 0 Å². The van der Waals surface area contributed by atoms with Gasteiger partial charge in [0.2, 0.25) is 5.91 Å². The molecule has 0 aliphatic heterocycles. The predicted octanol–water partition coefficient (Wildman–Crippen LogP) is 1.96. The van der Waals surface area contributed by atoms with E-state index in [9.17, 15) is 4.79 Å². The van der Waals surface area contributed by atoms with Crippen molar-refractivity contribution in [1.29, 1.82) is 0 Å². The Kier molecular flexibility index (Phi) is 4.37. The quantitative estimate of drug-likeness (QED) is 0.806. The molecule has 1 amide bonds. The van der Waals surface area contributed by atoms with Crippen molar-refractivity contribution in [2.45, 2.75) is 37.5 Å². The van der Waals surface area contributed by atoms with Crippen molar-refractivity contribution in [1.82, 2.24) is 5.32 Å². The molecule has 3 heteroatoms. The number of hydrogen-bond donors (Lipinski definition) is 2. The van der Waals surface area contributed by atoms with Crippen LogP contribution in [-0.4, -0.2) is 19.0 Å². The molecule has 0 heterocycles. The molecule has 1 aliphatic rings. The molecule has 3 nitrogen and oxygen atoms in total. The maximum Gasteiger partial charge on any atom is 0.220 e. The fourth-order valence-corrected chi connectivity index (χ4v) is 2.58. The molecule has 1 aromatic carbocycles. The van der Waals surface area contributed by atoms with Crippen molar-refractivity contribution in [3.63, 3.8) is 0 Å². The lowest BCUT2D eigenvalue weighted by Crippen LogP contribution is -2.45. The first-order valence-electron chi connectivity index (χ1n) is 6.79. The van der Waals surface area contributed by atoms with Gasteiger partial charge in [0.25, 0.3) is 0 Å². The number of nitrogens with one attached hydrogen (secondary N) is 1. The van der Waals surface area contributed by atoms with Crippen LogP contribution in [0.25, 0.3) is 0 Å². The minimum atomic E-state index is 0.127. The summed E-state index contributed by atoms with van der Waals surface area (Å²) in [6.07, 6.45) is 4.92. The van der Waals surface area contributed by atoms with Crippen LogP contribution in [0.5, 0.6) is 0 Å². The number of carbonyl (C=O) groups excluding carboxylic acids is 1. The predicted molar refractivity (Wildman–Crippen MR) is 73.3 cm³/mol. The Hall–Kier alpha value is -1.35. The van der Waals surface area contributed by atoms with Crippen LogP contribution in [-0.2, 0) is 10.2 Å². The fraction of sp³-hybridized carbons (Fsp3) is 0.533. The molecule has 98 valence electrons. The number of hydrogen-bond acceptors (Lipinski definition) is 2. The molecule has 1 saturated carbocycles. The lowest BCUT2D eigenvalue weighted by molar-refractivity contribution is -0.121. The molecule has 3 N–H and O–H groups in total. The molecular formula is C15H22N2O. The zero-order valence-corrected chi connectivity index (χ0v) is 10.8. The van der Waals surface area contributed by atoms with Crippen LogP contribution in [0.15, 0.2) is 30.3 Å². The first-order chi connectivity index (χ1) is 8.77. The third kappa shape index (κ3) is 2.91. The standard InChI is InChI=1S/C15H22N2O/c16-11-4-8-14(18)17-12-15(9-5-10-15)13-6-2-1-3-7-13/h1-3,6-7H,4-5,8-12,16H2,(H,17,18). The lowest BCUT2D eigenvalue weighted by Gasteiger charge is -2.42. The van der Waals surface area contributed by atoms with Crippen LogP contribution >= 0.6 is 0 Å². The smallest absolute Gasteiger partial charge is 0.220 e. The van der Waals surface area contributed by atoms with Gasteiger partial charge in [-0.15, -0.1) is 0 Å². The highest BCUT2D eigenvalue weighted by molar-refractivity contribution is 5.76. The van der Waals surface area contributed by atoms with E-state index in [1.165, 1.54) is 24.8 Å². The second-order valence-electron chi connectivity index (χ2n) is 5.17. The molecule has 0 aromatic heterocycles. The van der Waals surface area contributed by atoms with Gasteiger partial charge < -0.3 is 11.1 Å². The van der Waals surface area contributed by atoms with E-state index >= 15 is 0 Å². The lowest BCUT2D eigenvalue weighted by atomic mass is 9.64. The van der Waals surface area contributed by atoms with Gasteiger partial charge in [-0.2, -0.15) is 0 Å². The highest BCUT2D eigenvalue weighted by Crippen LogP contribution is 2.43. The third-order valence-corrected chi connectivity index (χ3v) is 3.93. The van der Waals surface area contributed by atoms with Gasteiger partial charge in [-0.1, -0.05) is 36.8 Å². The highest BCUT2D eigenvalue weighted by Gasteiger charge is 2.38. The van der Waals surface area contributed by atoms with Crippen LogP contribution in [0.1, 0.15) is 37.7 Å². The van der Waals surface area contributed by atoms with E-state index in [2.05, 4.69) is 29.6 Å². The number of benzene rings is 1. The Morgan fingerprint density at radius 2 is 2.00 bits per heavy atom. The van der Waals surface area contributed by atoms with Crippen molar-refractivity contribution >= 4 is 5.91 Å². The molecule has 0 unspecified atom stereocenters. The van der Waals surface area contributed by atoms with E-state index in [0.717, 1.165) is 13.0 Å². The molecule has 1 aliphatic carbocycles. The Morgan fingerprint density at radius 1 is 1.28 bits per heavy atom. The molecule has 18 heavy (non-hydrogen) atoms. The van der Waals surface area contributed by atoms with Crippen molar-refractivity contribution in [2.75, 3.05) is 13.1 Å². The zero-order valence-electron chi connectivity index (χ0n) is 10.8. The van der Waals surface area contributed by atoms with Crippen molar-refractivity contribution in [2.24, 2.45) is 5.73 Å². The van der Waals surface area contributed by atoms with Gasteiger partial charge in [0.15, 0.2) is 0 Å². The van der Waals surface area contributed by atoms with E-state index in [-0.39, 0.29) is 11.3 Å². The van der Waals surface area contributed by atoms with Crippen LogP contribution < -0.4 is 11.1 Å². The summed E-state index contributed by atoms with van der Waals surface area (Å²) in [6.45, 7) is 1.34. The molecule has 0 bridgehead atoms. The Labute approximate surface area is 109 Å². The van der Waals surface area contributed by atoms with Gasteiger partial charge in [0.1, 0.15) is 0 Å². The van der Waals surface area contributed by atoms with Crippen molar-refractivity contribution in [3.8, 4) is 0 Å². The fourth-order valence-electron chi connectivity index (χ4n) is 2.58. The van der Waals surface area contributed by atoms with Gasteiger partial charge in [-0.3, -0.25) is 4.79 Å². The summed E-state index contributed by atoms with van der Waals surface area (Å²) >= 11 is 0. The summed E-state index contributed by atoms with van der Waals surface area (Å²) in [5.41, 5.74) is 6.94. The molecule has 0 spiro atoms. The Bertz CT molecular complexity index is 385. The molecule has 0 atom stereocenters. The van der Waals surface area contributed by atoms with Gasteiger partial charge in [0.05, 0.1) is 0 Å². The van der Waals surface area contributed by atoms with Gasteiger partial charge >= 0.3 is 0 Å². The van der Waals surface area contributed by atoms with Crippen LogP contribution in [0.3, 0.4) is 0 Å². The van der Waals surface area contributed by atoms with Gasteiger partial charge in [-0.25, -0.2) is 0 Å². The molecule has 1 fully saturated rings. The Balaban J connectivity index is 1.91. The molecule has 0 saturated heterocycles. The largest absolute Gasteiger partial charge is 0.355 e. The van der Waals surface area contributed by atoms with Crippen molar-refractivity contribution < 1.29 is 4.79 Å². The zero-order chi connectivity index (χ0) is 12.8. The van der Waals surface area contributed by atoms with Crippen molar-refractivity contribution in [3.05, 3.63) is 35.9 Å². The first-order valence-corrected chi connectivity index (χ1v) is 6.79. The van der Waals surface area contributed by atoms with E-state index in [0.29, 0.717) is 13.0 Å². The minimum absolute atomic E-state index is 0.127. The maximum absolute atomic E-state index is 11.7. The van der Waals surface area contributed by atoms with E-state index in [1.807, 2.05) is 6.07 Å².